The minimum absolute atomic E-state index is 0.0226. The molecule has 2 fully saturated rings. The van der Waals surface area contributed by atoms with Crippen molar-refractivity contribution in [1.29, 1.82) is 0 Å². The maximum Gasteiger partial charge on any atom is 0.251 e. The van der Waals surface area contributed by atoms with Crippen LogP contribution in [0.25, 0.3) is 0 Å². The molecule has 1 aromatic carbocycles. The minimum Gasteiger partial charge on any atom is -0.351 e. The molecule has 0 spiro atoms. The van der Waals surface area contributed by atoms with Gasteiger partial charge < -0.3 is 10.2 Å². The largest absolute Gasteiger partial charge is 0.351 e. The van der Waals surface area contributed by atoms with Gasteiger partial charge in [0.15, 0.2) is 0 Å². The van der Waals surface area contributed by atoms with Crippen molar-refractivity contribution in [3.63, 3.8) is 0 Å². The van der Waals surface area contributed by atoms with Gasteiger partial charge in [0, 0.05) is 36.2 Å². The predicted molar refractivity (Wildman–Crippen MR) is 96.8 cm³/mol. The average Bonchev–Trinajstić information content (AvgIpc) is 3.47. The standard InChI is InChI=1S/C21H26N2O2/c24-19-11-13-21(15-22-20(25)17-6-2-1-3-7-17)12-5-4-8-18(21)23(19)14-16-9-10-16/h1-3,6-8,16H,4-5,9-15H2,(H,22,25). The first-order valence-corrected chi connectivity index (χ1v) is 9.52. The molecule has 1 N–H and O–H groups in total. The van der Waals surface area contributed by atoms with Gasteiger partial charge in [-0.1, -0.05) is 24.3 Å². The van der Waals surface area contributed by atoms with E-state index in [9.17, 15) is 9.59 Å². The van der Waals surface area contributed by atoms with Gasteiger partial charge in [0.05, 0.1) is 0 Å². The Kier molecular flexibility index (Phi) is 4.36. The van der Waals surface area contributed by atoms with E-state index in [1.807, 2.05) is 30.3 Å². The molecule has 2 amide bonds. The molecule has 4 rings (SSSR count). The first-order valence-electron chi connectivity index (χ1n) is 9.52. The number of nitrogens with one attached hydrogen (secondary N) is 1. The number of allylic oxidation sites excluding steroid dienone is 1. The van der Waals surface area contributed by atoms with Crippen LogP contribution >= 0.6 is 0 Å². The number of benzene rings is 1. The summed E-state index contributed by atoms with van der Waals surface area (Å²) in [6.45, 7) is 1.50. The SMILES string of the molecule is O=C(NCC12CCCC=C1N(CC1CC1)C(=O)CC2)c1ccccc1. The summed E-state index contributed by atoms with van der Waals surface area (Å²) in [4.78, 5) is 27.0. The quantitative estimate of drug-likeness (QED) is 0.893. The Morgan fingerprint density at radius 3 is 2.76 bits per heavy atom. The number of hydrogen-bond acceptors (Lipinski definition) is 2. The lowest BCUT2D eigenvalue weighted by Crippen LogP contribution is -2.51. The Labute approximate surface area is 149 Å². The van der Waals surface area contributed by atoms with Gasteiger partial charge in [-0.2, -0.15) is 0 Å². The summed E-state index contributed by atoms with van der Waals surface area (Å²) >= 11 is 0. The number of piperidine rings is 1. The van der Waals surface area contributed by atoms with Gasteiger partial charge in [0.25, 0.3) is 5.91 Å². The second kappa shape index (κ2) is 6.66. The van der Waals surface area contributed by atoms with Crippen molar-refractivity contribution in [2.24, 2.45) is 11.3 Å². The summed E-state index contributed by atoms with van der Waals surface area (Å²) in [5.74, 6) is 0.928. The number of carbonyl (C=O) groups excluding carboxylic acids is 2. The third kappa shape index (κ3) is 3.35. The van der Waals surface area contributed by atoms with E-state index in [1.54, 1.807) is 0 Å². The highest BCUT2D eigenvalue weighted by Gasteiger charge is 2.45. The Balaban J connectivity index is 1.51. The highest BCUT2D eigenvalue weighted by atomic mass is 16.2. The van der Waals surface area contributed by atoms with E-state index < -0.39 is 0 Å². The van der Waals surface area contributed by atoms with E-state index in [4.69, 9.17) is 0 Å². The summed E-state index contributed by atoms with van der Waals surface area (Å²) in [5.41, 5.74) is 1.82. The fourth-order valence-corrected chi connectivity index (χ4v) is 4.26. The Hall–Kier alpha value is -2.10. The first-order chi connectivity index (χ1) is 12.2. The molecule has 1 aromatic rings. The summed E-state index contributed by atoms with van der Waals surface area (Å²) in [6, 6.07) is 9.37. The molecular weight excluding hydrogens is 312 g/mol. The highest BCUT2D eigenvalue weighted by molar-refractivity contribution is 5.94. The topological polar surface area (TPSA) is 49.4 Å². The van der Waals surface area contributed by atoms with Crippen LogP contribution in [0.3, 0.4) is 0 Å². The van der Waals surface area contributed by atoms with Crippen LogP contribution in [0.5, 0.6) is 0 Å². The number of likely N-dealkylation sites (tertiary alicyclic amines) is 1. The maximum absolute atomic E-state index is 12.5. The van der Waals surface area contributed by atoms with Crippen molar-refractivity contribution in [3.8, 4) is 0 Å². The Morgan fingerprint density at radius 1 is 1.20 bits per heavy atom. The molecule has 1 aliphatic heterocycles. The van der Waals surface area contributed by atoms with Gasteiger partial charge in [-0.3, -0.25) is 9.59 Å². The third-order valence-electron chi connectivity index (χ3n) is 5.91. The van der Waals surface area contributed by atoms with Gasteiger partial charge in [-0.05, 0) is 56.6 Å². The van der Waals surface area contributed by atoms with E-state index in [0.717, 1.165) is 32.2 Å². The molecule has 1 saturated carbocycles. The van der Waals surface area contributed by atoms with E-state index in [-0.39, 0.29) is 17.2 Å². The zero-order valence-electron chi connectivity index (χ0n) is 14.7. The zero-order chi connectivity index (χ0) is 17.3. The number of amides is 2. The molecule has 25 heavy (non-hydrogen) atoms. The highest BCUT2D eigenvalue weighted by Crippen LogP contribution is 2.47. The fraction of sp³-hybridized carbons (Fsp3) is 0.524. The summed E-state index contributed by atoms with van der Waals surface area (Å²) in [5, 5.41) is 3.15. The molecule has 0 aromatic heterocycles. The van der Waals surface area contributed by atoms with Crippen LogP contribution in [0, 0.1) is 11.3 Å². The average molecular weight is 338 g/mol. The van der Waals surface area contributed by atoms with Crippen molar-refractivity contribution >= 4 is 11.8 Å². The number of hydrogen-bond donors (Lipinski definition) is 1. The number of rotatable bonds is 5. The summed E-state index contributed by atoms with van der Waals surface area (Å²) < 4.78 is 0. The summed E-state index contributed by atoms with van der Waals surface area (Å²) in [7, 11) is 0. The summed E-state index contributed by atoms with van der Waals surface area (Å²) in [6.07, 6.45) is 9.44. The van der Waals surface area contributed by atoms with Gasteiger partial charge >= 0.3 is 0 Å². The smallest absolute Gasteiger partial charge is 0.251 e. The van der Waals surface area contributed by atoms with Gasteiger partial charge in [-0.15, -0.1) is 0 Å². The van der Waals surface area contributed by atoms with Crippen LogP contribution in [0.1, 0.15) is 55.3 Å². The lowest BCUT2D eigenvalue weighted by molar-refractivity contribution is -0.134. The molecule has 2 aliphatic carbocycles. The Morgan fingerprint density at radius 2 is 2.00 bits per heavy atom. The van der Waals surface area contributed by atoms with E-state index in [2.05, 4.69) is 16.3 Å². The Bertz CT molecular complexity index is 693. The van der Waals surface area contributed by atoms with Crippen LogP contribution < -0.4 is 5.32 Å². The second-order valence-corrected chi connectivity index (χ2v) is 7.76. The monoisotopic (exact) mass is 338 g/mol. The number of fused-ring (bicyclic) bond motifs is 1. The van der Waals surface area contributed by atoms with Gasteiger partial charge in [0.2, 0.25) is 5.91 Å². The van der Waals surface area contributed by atoms with E-state index >= 15 is 0 Å². The fourth-order valence-electron chi connectivity index (χ4n) is 4.26. The van der Waals surface area contributed by atoms with Crippen LogP contribution in [0.4, 0.5) is 0 Å². The molecule has 0 radical (unpaired) electrons. The minimum atomic E-state index is -0.0640. The lowest BCUT2D eigenvalue weighted by atomic mass is 9.69. The van der Waals surface area contributed by atoms with Crippen molar-refractivity contribution in [3.05, 3.63) is 47.7 Å². The molecule has 4 heteroatoms. The van der Waals surface area contributed by atoms with Crippen LogP contribution in [-0.4, -0.2) is 29.8 Å². The van der Waals surface area contributed by atoms with Gasteiger partial charge in [0.1, 0.15) is 0 Å². The van der Waals surface area contributed by atoms with Crippen molar-refractivity contribution in [1.82, 2.24) is 10.2 Å². The second-order valence-electron chi connectivity index (χ2n) is 7.76. The van der Waals surface area contributed by atoms with Crippen molar-refractivity contribution < 1.29 is 9.59 Å². The van der Waals surface area contributed by atoms with Crippen molar-refractivity contribution in [2.45, 2.75) is 44.9 Å². The normalized spacial score (nSPS) is 26.0. The van der Waals surface area contributed by atoms with Crippen molar-refractivity contribution in [2.75, 3.05) is 13.1 Å². The molecule has 3 aliphatic rings. The molecule has 1 atom stereocenters. The first kappa shape index (κ1) is 16.4. The molecule has 1 unspecified atom stereocenters. The molecule has 0 bridgehead atoms. The molecule has 1 heterocycles. The third-order valence-corrected chi connectivity index (χ3v) is 5.91. The number of nitrogens with zero attached hydrogens (tertiary/aromatic N) is 1. The maximum atomic E-state index is 12.5. The van der Waals surface area contributed by atoms with Crippen LogP contribution in [0.2, 0.25) is 0 Å². The predicted octanol–water partition coefficient (Wildman–Crippen LogP) is 3.50. The van der Waals surface area contributed by atoms with Gasteiger partial charge in [-0.25, -0.2) is 0 Å². The van der Waals surface area contributed by atoms with E-state index in [1.165, 1.54) is 18.5 Å². The molecular formula is C21H26N2O2. The molecule has 1 saturated heterocycles. The zero-order valence-corrected chi connectivity index (χ0v) is 14.7. The number of carbonyl (C=O) groups is 2. The van der Waals surface area contributed by atoms with Crippen LogP contribution in [0.15, 0.2) is 42.1 Å². The van der Waals surface area contributed by atoms with E-state index in [0.29, 0.717) is 24.4 Å². The lowest BCUT2D eigenvalue weighted by Gasteiger charge is -2.47. The molecule has 132 valence electrons. The molecule has 4 nitrogen and oxygen atoms in total. The van der Waals surface area contributed by atoms with Crippen LogP contribution in [-0.2, 0) is 4.79 Å².